The summed E-state index contributed by atoms with van der Waals surface area (Å²) in [5.41, 5.74) is 0.740. The Labute approximate surface area is 184 Å². The minimum atomic E-state index is -1.48. The van der Waals surface area contributed by atoms with Gasteiger partial charge in [0, 0.05) is 18.4 Å². The maximum absolute atomic E-state index is 13.6. The lowest BCUT2D eigenvalue weighted by Gasteiger charge is -2.34. The maximum Gasteiger partial charge on any atom is 0.184 e. The topological polar surface area (TPSA) is 49.3 Å². The lowest BCUT2D eigenvalue weighted by Crippen LogP contribution is -2.53. The van der Waals surface area contributed by atoms with Crippen LogP contribution in [0.25, 0.3) is 6.08 Å². The summed E-state index contributed by atoms with van der Waals surface area (Å²) < 4.78 is 0. The first-order chi connectivity index (χ1) is 14.9. The van der Waals surface area contributed by atoms with Crippen molar-refractivity contribution in [2.75, 3.05) is 6.54 Å². The van der Waals surface area contributed by atoms with E-state index in [2.05, 4.69) is 17.4 Å². The van der Waals surface area contributed by atoms with Crippen molar-refractivity contribution in [1.82, 2.24) is 5.32 Å². The fourth-order valence-electron chi connectivity index (χ4n) is 5.05. The summed E-state index contributed by atoms with van der Waals surface area (Å²) >= 11 is 0. The van der Waals surface area contributed by atoms with Gasteiger partial charge in [-0.25, -0.2) is 0 Å². The second kappa shape index (κ2) is 8.62. The van der Waals surface area contributed by atoms with Crippen LogP contribution in [0.15, 0.2) is 97.1 Å². The van der Waals surface area contributed by atoms with Gasteiger partial charge >= 0.3 is 0 Å². The molecule has 0 radical (unpaired) electrons. The van der Waals surface area contributed by atoms with E-state index in [4.69, 9.17) is 0 Å². The average molecular weight is 412 g/mol. The summed E-state index contributed by atoms with van der Waals surface area (Å²) in [5, 5.41) is 15.0. The van der Waals surface area contributed by atoms with Gasteiger partial charge in [-0.1, -0.05) is 103 Å². The van der Waals surface area contributed by atoms with E-state index in [-0.39, 0.29) is 17.6 Å². The molecule has 1 aliphatic carbocycles. The van der Waals surface area contributed by atoms with Crippen LogP contribution in [0.2, 0.25) is 0 Å². The van der Waals surface area contributed by atoms with E-state index >= 15 is 0 Å². The number of benzene rings is 3. The largest absolute Gasteiger partial charge is 0.382 e. The van der Waals surface area contributed by atoms with E-state index in [0.29, 0.717) is 6.54 Å². The van der Waals surface area contributed by atoms with Crippen molar-refractivity contribution in [2.24, 2.45) is 0 Å². The van der Waals surface area contributed by atoms with E-state index in [1.807, 2.05) is 97.9 Å². The molecule has 1 saturated carbocycles. The molecule has 0 aliphatic heterocycles. The van der Waals surface area contributed by atoms with Gasteiger partial charge in [0.15, 0.2) is 5.78 Å². The SMILES string of the molecule is C[C@@]1(O)C(=O)[C@@](C)(NC/C=C/c2ccccc2)[C@@H](c2ccccc2)[C@@H]1c1ccccc1. The molecular weight excluding hydrogens is 382 g/mol. The first-order valence-corrected chi connectivity index (χ1v) is 10.8. The second-order valence-corrected chi connectivity index (χ2v) is 8.65. The van der Waals surface area contributed by atoms with Gasteiger partial charge in [0.25, 0.3) is 0 Å². The molecule has 3 nitrogen and oxygen atoms in total. The van der Waals surface area contributed by atoms with Crippen LogP contribution in [0.5, 0.6) is 0 Å². The van der Waals surface area contributed by atoms with Crippen molar-refractivity contribution in [3.8, 4) is 0 Å². The predicted octanol–water partition coefficient (Wildman–Crippen LogP) is 4.95. The van der Waals surface area contributed by atoms with Crippen LogP contribution in [-0.2, 0) is 4.79 Å². The van der Waals surface area contributed by atoms with Gasteiger partial charge in [-0.3, -0.25) is 4.79 Å². The van der Waals surface area contributed by atoms with Crippen molar-refractivity contribution >= 4 is 11.9 Å². The molecule has 1 aliphatic rings. The third-order valence-corrected chi connectivity index (χ3v) is 6.51. The van der Waals surface area contributed by atoms with Gasteiger partial charge in [-0.05, 0) is 30.5 Å². The molecule has 3 aromatic rings. The quantitative estimate of drug-likeness (QED) is 0.603. The van der Waals surface area contributed by atoms with Crippen molar-refractivity contribution < 1.29 is 9.90 Å². The standard InChI is InChI=1S/C28H29NO2/c1-27(29-20-12-15-21-13-6-3-7-14-21)24(22-16-8-4-9-17-22)25(28(2,31)26(27)30)23-18-10-5-11-19-23/h3-19,24-25,29,31H,20H2,1-2H3/b15-12+/t24-,25-,27-,28-/m0/s1. The van der Waals surface area contributed by atoms with Crippen LogP contribution >= 0.6 is 0 Å². The Kier molecular flexibility index (Phi) is 5.90. The van der Waals surface area contributed by atoms with Gasteiger partial charge in [-0.15, -0.1) is 0 Å². The number of hydrogen-bond donors (Lipinski definition) is 2. The molecule has 4 rings (SSSR count). The zero-order valence-electron chi connectivity index (χ0n) is 18.0. The highest BCUT2D eigenvalue weighted by molar-refractivity contribution is 6.00. The molecule has 0 unspecified atom stereocenters. The van der Waals surface area contributed by atoms with Crippen LogP contribution < -0.4 is 5.32 Å². The zero-order chi connectivity index (χ0) is 21.9. The molecule has 0 aromatic heterocycles. The number of aliphatic hydroxyl groups is 1. The summed E-state index contributed by atoms with van der Waals surface area (Å²) in [6.45, 7) is 4.12. The van der Waals surface area contributed by atoms with E-state index in [1.54, 1.807) is 6.92 Å². The van der Waals surface area contributed by atoms with Gasteiger partial charge in [0.1, 0.15) is 5.60 Å². The second-order valence-electron chi connectivity index (χ2n) is 8.65. The van der Waals surface area contributed by atoms with Crippen molar-refractivity contribution in [3.05, 3.63) is 114 Å². The van der Waals surface area contributed by atoms with Crippen LogP contribution in [0.4, 0.5) is 0 Å². The van der Waals surface area contributed by atoms with Crippen LogP contribution in [-0.4, -0.2) is 28.6 Å². The average Bonchev–Trinajstić information content (AvgIpc) is 2.96. The Morgan fingerprint density at radius 2 is 1.29 bits per heavy atom. The summed E-state index contributed by atoms with van der Waals surface area (Å²) in [6.07, 6.45) is 4.07. The Morgan fingerprint density at radius 3 is 1.84 bits per heavy atom. The minimum Gasteiger partial charge on any atom is -0.382 e. The number of ketones is 1. The molecule has 0 heterocycles. The van der Waals surface area contributed by atoms with E-state index < -0.39 is 11.1 Å². The van der Waals surface area contributed by atoms with Crippen LogP contribution in [0.1, 0.15) is 42.4 Å². The number of rotatable bonds is 6. The van der Waals surface area contributed by atoms with Gasteiger partial charge in [-0.2, -0.15) is 0 Å². The number of carbonyl (C=O) groups excluding carboxylic acids is 1. The predicted molar refractivity (Wildman–Crippen MR) is 126 cm³/mol. The van der Waals surface area contributed by atoms with Gasteiger partial charge < -0.3 is 10.4 Å². The van der Waals surface area contributed by atoms with Crippen molar-refractivity contribution in [2.45, 2.75) is 36.8 Å². The lowest BCUT2D eigenvalue weighted by atomic mass is 9.74. The number of Topliss-reactive ketones (excluding diaryl/α,β-unsaturated/α-hetero) is 1. The maximum atomic E-state index is 13.6. The molecule has 3 aromatic carbocycles. The summed E-state index contributed by atoms with van der Waals surface area (Å²) in [7, 11) is 0. The molecule has 31 heavy (non-hydrogen) atoms. The molecule has 0 amide bonds. The van der Waals surface area contributed by atoms with E-state index in [9.17, 15) is 9.90 Å². The van der Waals surface area contributed by atoms with Gasteiger partial charge in [0.05, 0.1) is 5.54 Å². The van der Waals surface area contributed by atoms with Crippen LogP contribution in [0.3, 0.4) is 0 Å². The highest BCUT2D eigenvalue weighted by Gasteiger charge is 2.63. The van der Waals surface area contributed by atoms with E-state index in [0.717, 1.165) is 16.7 Å². The first-order valence-electron chi connectivity index (χ1n) is 10.8. The normalized spacial score (nSPS) is 28.3. The Morgan fingerprint density at radius 1 is 0.806 bits per heavy atom. The highest BCUT2D eigenvalue weighted by atomic mass is 16.3. The van der Waals surface area contributed by atoms with Gasteiger partial charge in [0.2, 0.25) is 0 Å². The molecule has 0 bridgehead atoms. The lowest BCUT2D eigenvalue weighted by molar-refractivity contribution is -0.137. The molecule has 3 heteroatoms. The van der Waals surface area contributed by atoms with Crippen molar-refractivity contribution in [1.29, 1.82) is 0 Å². The highest BCUT2D eigenvalue weighted by Crippen LogP contribution is 2.54. The monoisotopic (exact) mass is 411 g/mol. The third kappa shape index (κ3) is 3.99. The summed E-state index contributed by atoms with van der Waals surface area (Å²) in [6, 6.07) is 30.0. The molecular formula is C28H29NO2. The number of hydrogen-bond acceptors (Lipinski definition) is 3. The number of nitrogens with one attached hydrogen (secondary N) is 1. The minimum absolute atomic E-state index is 0.171. The molecule has 0 saturated heterocycles. The van der Waals surface area contributed by atoms with Crippen molar-refractivity contribution in [3.63, 3.8) is 0 Å². The Balaban J connectivity index is 1.70. The third-order valence-electron chi connectivity index (χ3n) is 6.51. The number of carbonyl (C=O) groups is 1. The summed E-state index contributed by atoms with van der Waals surface area (Å²) in [4.78, 5) is 13.6. The smallest absolute Gasteiger partial charge is 0.184 e. The Hall–Kier alpha value is -3.01. The Bertz CT molecular complexity index is 1040. The first kappa shape index (κ1) is 21.2. The van der Waals surface area contributed by atoms with E-state index in [1.165, 1.54) is 0 Å². The molecule has 1 fully saturated rings. The molecule has 2 N–H and O–H groups in total. The molecule has 158 valence electrons. The zero-order valence-corrected chi connectivity index (χ0v) is 18.0. The fraction of sp³-hybridized carbons (Fsp3) is 0.250. The fourth-order valence-corrected chi connectivity index (χ4v) is 5.05. The summed E-state index contributed by atoms with van der Waals surface area (Å²) in [5.74, 6) is -0.723. The molecule has 0 spiro atoms. The molecule has 4 atom stereocenters. The van der Waals surface area contributed by atoms with Crippen LogP contribution in [0, 0.1) is 0 Å².